The quantitative estimate of drug-likeness (QED) is 0.490. The Labute approximate surface area is 191 Å². The van der Waals surface area contributed by atoms with Crippen LogP contribution in [0.4, 0.5) is 0 Å². The number of hydrogen-bond acceptors (Lipinski definition) is 6. The molecule has 33 heavy (non-hydrogen) atoms. The maximum Gasteiger partial charge on any atom is 0.329 e. The van der Waals surface area contributed by atoms with Crippen molar-refractivity contribution in [2.75, 3.05) is 26.2 Å². The molecule has 0 spiro atoms. The molecule has 0 bridgehead atoms. The van der Waals surface area contributed by atoms with E-state index >= 15 is 0 Å². The van der Waals surface area contributed by atoms with E-state index in [1.54, 1.807) is 11.6 Å². The maximum atomic E-state index is 12.9. The average molecular weight is 458 g/mol. The second-order valence-electron chi connectivity index (χ2n) is 8.99. The van der Waals surface area contributed by atoms with Crippen molar-refractivity contribution < 1.29 is 19.5 Å². The van der Waals surface area contributed by atoms with Gasteiger partial charge in [0, 0.05) is 45.6 Å². The predicted octanol–water partition coefficient (Wildman–Crippen LogP) is 0.389. The van der Waals surface area contributed by atoms with Crippen LogP contribution in [-0.4, -0.2) is 69.1 Å². The number of nitrogens with zero attached hydrogens (tertiary/aromatic N) is 3. The van der Waals surface area contributed by atoms with Gasteiger partial charge in [-0.1, -0.05) is 6.07 Å². The van der Waals surface area contributed by atoms with Crippen LogP contribution in [0, 0.1) is 0 Å². The van der Waals surface area contributed by atoms with Crippen LogP contribution in [0.1, 0.15) is 43.7 Å². The molecule has 2 aliphatic heterocycles. The Kier molecular flexibility index (Phi) is 6.94. The van der Waals surface area contributed by atoms with E-state index in [-0.39, 0.29) is 30.5 Å². The summed E-state index contributed by atoms with van der Waals surface area (Å²) in [6.07, 6.45) is 3.18. The highest BCUT2D eigenvalue weighted by atomic mass is 16.4. The van der Waals surface area contributed by atoms with Gasteiger partial charge in [-0.25, -0.2) is 4.79 Å². The number of imide groups is 1. The molecule has 2 fully saturated rings. The number of carbonyl (C=O) groups is 3. The van der Waals surface area contributed by atoms with Gasteiger partial charge in [-0.3, -0.25) is 28.8 Å². The molecule has 1 unspecified atom stereocenters. The largest absolute Gasteiger partial charge is 0.481 e. The number of carboxylic acid groups (broad SMARTS) is 1. The topological polar surface area (TPSA) is 126 Å². The zero-order chi connectivity index (χ0) is 23.5. The predicted molar refractivity (Wildman–Crippen MR) is 122 cm³/mol. The Morgan fingerprint density at radius 2 is 2.03 bits per heavy atom. The highest BCUT2D eigenvalue weighted by Crippen LogP contribution is 2.24. The Morgan fingerprint density at radius 3 is 2.79 bits per heavy atom. The maximum absolute atomic E-state index is 12.9. The molecule has 0 saturated carbocycles. The molecule has 4 rings (SSSR count). The van der Waals surface area contributed by atoms with Crippen LogP contribution in [0.25, 0.3) is 11.0 Å². The summed E-state index contributed by atoms with van der Waals surface area (Å²) in [7, 11) is 1.70. The number of aliphatic carboxylic acids is 1. The number of piperazine rings is 1. The van der Waals surface area contributed by atoms with Crippen molar-refractivity contribution in [3.05, 3.63) is 34.2 Å². The fourth-order valence-corrected chi connectivity index (χ4v) is 4.89. The minimum absolute atomic E-state index is 0.183. The third kappa shape index (κ3) is 5.17. The van der Waals surface area contributed by atoms with Crippen LogP contribution in [0.2, 0.25) is 0 Å². The summed E-state index contributed by atoms with van der Waals surface area (Å²) in [4.78, 5) is 49.9. The number of carbonyl (C=O) groups excluding carboxylic acids is 2. The standard InChI is InChI=1S/C23H31N5O5/c1-26-19-13-15(3-2-11-27-12-10-24-16(14-27)5-9-21(30)31)4-6-17(19)28(23(26)33)18-7-8-20(29)25-22(18)32/h4,6,13,16,18,24H,2-3,5,7-12,14H2,1H3,(H,30,31)(H,25,29,32)/t16-,18?/m0/s1. The molecule has 1 aromatic heterocycles. The van der Waals surface area contributed by atoms with E-state index in [0.29, 0.717) is 18.4 Å². The monoisotopic (exact) mass is 457 g/mol. The summed E-state index contributed by atoms with van der Waals surface area (Å²) >= 11 is 0. The van der Waals surface area contributed by atoms with E-state index in [9.17, 15) is 19.2 Å². The molecule has 0 radical (unpaired) electrons. The number of fused-ring (bicyclic) bond motifs is 1. The number of aryl methyl sites for hydroxylation is 2. The molecule has 2 atom stereocenters. The number of nitrogens with one attached hydrogen (secondary N) is 2. The van der Waals surface area contributed by atoms with Crippen molar-refractivity contribution in [3.63, 3.8) is 0 Å². The van der Waals surface area contributed by atoms with Gasteiger partial charge in [-0.05, 0) is 49.9 Å². The molecule has 2 aromatic rings. The molecular weight excluding hydrogens is 426 g/mol. The molecule has 10 nitrogen and oxygen atoms in total. The first-order valence-corrected chi connectivity index (χ1v) is 11.5. The van der Waals surface area contributed by atoms with Crippen molar-refractivity contribution in [1.82, 2.24) is 24.7 Å². The number of piperidine rings is 1. The van der Waals surface area contributed by atoms with E-state index in [2.05, 4.69) is 15.5 Å². The van der Waals surface area contributed by atoms with Crippen LogP contribution in [-0.2, 0) is 27.9 Å². The SMILES string of the molecule is Cn1c(=O)n(C2CCC(=O)NC2=O)c2ccc(CCCN3CCN[C@@H](CCC(=O)O)C3)cc21. The van der Waals surface area contributed by atoms with E-state index in [4.69, 9.17) is 5.11 Å². The summed E-state index contributed by atoms with van der Waals surface area (Å²) < 4.78 is 3.06. The van der Waals surface area contributed by atoms with Crippen molar-refractivity contribution >= 4 is 28.8 Å². The lowest BCUT2D eigenvalue weighted by atomic mass is 10.0. The summed E-state index contributed by atoms with van der Waals surface area (Å²) in [5, 5.41) is 14.6. The number of rotatable bonds is 8. The number of benzene rings is 1. The van der Waals surface area contributed by atoms with E-state index in [1.807, 2.05) is 18.2 Å². The Hall–Kier alpha value is -2.98. The Bertz CT molecular complexity index is 1120. The first-order chi connectivity index (χ1) is 15.8. The summed E-state index contributed by atoms with van der Waals surface area (Å²) in [5.74, 6) is -1.49. The van der Waals surface area contributed by atoms with Crippen LogP contribution >= 0.6 is 0 Å². The number of amides is 2. The summed E-state index contributed by atoms with van der Waals surface area (Å²) in [5.41, 5.74) is 2.34. The number of imidazole rings is 1. The number of carboxylic acids is 1. The molecule has 1 aromatic carbocycles. The van der Waals surface area contributed by atoms with Gasteiger partial charge in [0.2, 0.25) is 11.8 Å². The van der Waals surface area contributed by atoms with Crippen LogP contribution in [0.5, 0.6) is 0 Å². The van der Waals surface area contributed by atoms with Crippen molar-refractivity contribution in [1.29, 1.82) is 0 Å². The zero-order valence-electron chi connectivity index (χ0n) is 18.9. The lowest BCUT2D eigenvalue weighted by Crippen LogP contribution is -2.50. The smallest absolute Gasteiger partial charge is 0.329 e. The number of aromatic nitrogens is 2. The van der Waals surface area contributed by atoms with E-state index in [1.165, 1.54) is 4.57 Å². The molecular formula is C23H31N5O5. The van der Waals surface area contributed by atoms with Gasteiger partial charge < -0.3 is 15.3 Å². The van der Waals surface area contributed by atoms with Crippen molar-refractivity contribution in [2.24, 2.45) is 7.05 Å². The lowest BCUT2D eigenvalue weighted by Gasteiger charge is -2.33. The van der Waals surface area contributed by atoms with Gasteiger partial charge in [-0.15, -0.1) is 0 Å². The van der Waals surface area contributed by atoms with Crippen LogP contribution < -0.4 is 16.3 Å². The van der Waals surface area contributed by atoms with Gasteiger partial charge in [-0.2, -0.15) is 0 Å². The highest BCUT2D eigenvalue weighted by Gasteiger charge is 2.31. The van der Waals surface area contributed by atoms with Gasteiger partial charge in [0.15, 0.2) is 0 Å². The summed E-state index contributed by atoms with van der Waals surface area (Å²) in [6.45, 7) is 3.60. The Morgan fingerprint density at radius 1 is 1.21 bits per heavy atom. The average Bonchev–Trinajstić information content (AvgIpc) is 3.03. The Balaban J connectivity index is 1.40. The fraction of sp³-hybridized carbons (Fsp3) is 0.565. The highest BCUT2D eigenvalue weighted by molar-refractivity contribution is 6.00. The van der Waals surface area contributed by atoms with E-state index in [0.717, 1.165) is 50.1 Å². The number of hydrogen-bond donors (Lipinski definition) is 3. The molecule has 2 amide bonds. The lowest BCUT2D eigenvalue weighted by molar-refractivity contribution is -0.138. The zero-order valence-corrected chi connectivity index (χ0v) is 18.9. The second kappa shape index (κ2) is 9.88. The van der Waals surface area contributed by atoms with Gasteiger partial charge >= 0.3 is 11.7 Å². The fourth-order valence-electron chi connectivity index (χ4n) is 4.89. The van der Waals surface area contributed by atoms with Crippen LogP contribution in [0.3, 0.4) is 0 Å². The molecule has 178 valence electrons. The molecule has 3 N–H and O–H groups in total. The van der Waals surface area contributed by atoms with E-state index < -0.39 is 17.9 Å². The van der Waals surface area contributed by atoms with Gasteiger partial charge in [0.05, 0.1) is 11.0 Å². The first-order valence-electron chi connectivity index (χ1n) is 11.5. The van der Waals surface area contributed by atoms with Crippen molar-refractivity contribution in [2.45, 2.75) is 50.6 Å². The molecule has 2 aliphatic rings. The second-order valence-corrected chi connectivity index (χ2v) is 8.99. The molecule has 3 heterocycles. The summed E-state index contributed by atoms with van der Waals surface area (Å²) in [6, 6.07) is 5.44. The first kappa shape index (κ1) is 23.2. The minimum atomic E-state index is -0.759. The van der Waals surface area contributed by atoms with Gasteiger partial charge in [0.1, 0.15) is 6.04 Å². The molecule has 0 aliphatic carbocycles. The minimum Gasteiger partial charge on any atom is -0.481 e. The third-order valence-electron chi connectivity index (χ3n) is 6.66. The molecule has 10 heteroatoms. The molecule has 2 saturated heterocycles. The van der Waals surface area contributed by atoms with Gasteiger partial charge in [0.25, 0.3) is 0 Å². The van der Waals surface area contributed by atoms with Crippen LogP contribution in [0.15, 0.2) is 23.0 Å². The third-order valence-corrected chi connectivity index (χ3v) is 6.66. The normalized spacial score (nSPS) is 22.0. The van der Waals surface area contributed by atoms with Crippen molar-refractivity contribution in [3.8, 4) is 0 Å².